The Hall–Kier alpha value is -3.59. The summed E-state index contributed by atoms with van der Waals surface area (Å²) in [4.78, 5) is 34.7. The highest BCUT2D eigenvalue weighted by Gasteiger charge is 2.26. The van der Waals surface area contributed by atoms with Gasteiger partial charge in [-0.2, -0.15) is 5.26 Å². The number of hydrogen-bond donors (Lipinski definition) is 2. The van der Waals surface area contributed by atoms with Crippen molar-refractivity contribution in [1.82, 2.24) is 30.1 Å². The van der Waals surface area contributed by atoms with Gasteiger partial charge in [0.25, 0.3) is 5.91 Å². The number of thiazole rings is 1. The molecule has 2 fully saturated rings. The molecule has 3 aromatic heterocycles. The number of carbonyl (C=O) groups is 1. The van der Waals surface area contributed by atoms with Crippen LogP contribution in [0.1, 0.15) is 46.6 Å². The van der Waals surface area contributed by atoms with Gasteiger partial charge in [0.2, 0.25) is 0 Å². The molecule has 0 saturated carbocycles. The molecule has 3 aromatic rings. The summed E-state index contributed by atoms with van der Waals surface area (Å²) in [6.45, 7) is 4.99. The minimum Gasteiger partial charge on any atom is -0.397 e. The maximum Gasteiger partial charge on any atom is 0.270 e. The lowest BCUT2D eigenvalue weighted by molar-refractivity contribution is 0.0930. The lowest BCUT2D eigenvalue weighted by atomic mass is 9.96. The largest absolute Gasteiger partial charge is 0.397 e. The fourth-order valence-electron chi connectivity index (χ4n) is 5.49. The summed E-state index contributed by atoms with van der Waals surface area (Å²) in [5.74, 6) is 0.688. The summed E-state index contributed by atoms with van der Waals surface area (Å²) < 4.78 is 0. The van der Waals surface area contributed by atoms with Crippen molar-refractivity contribution in [3.63, 3.8) is 0 Å². The van der Waals surface area contributed by atoms with Crippen molar-refractivity contribution < 1.29 is 4.79 Å². The van der Waals surface area contributed by atoms with Gasteiger partial charge in [-0.05, 0) is 77.0 Å². The molecular formula is C29H37N9OS. The molecule has 5 heterocycles. The molecule has 0 unspecified atom stereocenters. The number of rotatable bonds is 8. The Kier molecular flexibility index (Phi) is 8.89. The number of pyridine rings is 2. The Labute approximate surface area is 239 Å². The number of nitriles is 1. The molecule has 0 aromatic carbocycles. The van der Waals surface area contributed by atoms with Crippen LogP contribution in [0.5, 0.6) is 0 Å². The first-order valence-corrected chi connectivity index (χ1v) is 14.7. The molecule has 210 valence electrons. The van der Waals surface area contributed by atoms with E-state index in [9.17, 15) is 10.1 Å². The van der Waals surface area contributed by atoms with Crippen molar-refractivity contribution >= 4 is 28.7 Å². The van der Waals surface area contributed by atoms with E-state index in [1.807, 2.05) is 24.4 Å². The highest BCUT2D eigenvalue weighted by atomic mass is 32.1. The number of nitrogens with two attached hydrogens (primary N) is 1. The maximum atomic E-state index is 13.1. The highest BCUT2D eigenvalue weighted by Crippen LogP contribution is 2.28. The minimum absolute atomic E-state index is 0.241. The molecule has 0 aliphatic carbocycles. The van der Waals surface area contributed by atoms with Crippen LogP contribution < -0.4 is 16.0 Å². The molecule has 1 amide bonds. The Bertz CT molecular complexity index is 1340. The molecule has 2 aliphatic heterocycles. The number of carbonyl (C=O) groups excluding carboxylic acids is 1. The summed E-state index contributed by atoms with van der Waals surface area (Å²) in [5.41, 5.74) is 8.04. The van der Waals surface area contributed by atoms with Gasteiger partial charge in [-0.15, -0.1) is 11.3 Å². The summed E-state index contributed by atoms with van der Waals surface area (Å²) in [7, 11) is 4.18. The van der Waals surface area contributed by atoms with E-state index in [1.165, 1.54) is 10.9 Å². The number of anilines is 2. The second kappa shape index (κ2) is 12.7. The lowest BCUT2D eigenvalue weighted by Crippen LogP contribution is -2.43. The number of hydrogen-bond acceptors (Lipinski definition) is 10. The third kappa shape index (κ3) is 6.58. The highest BCUT2D eigenvalue weighted by molar-refractivity contribution is 7.14. The predicted octanol–water partition coefficient (Wildman–Crippen LogP) is 3.23. The first-order chi connectivity index (χ1) is 19.4. The van der Waals surface area contributed by atoms with Gasteiger partial charge in [-0.25, -0.2) is 9.97 Å². The summed E-state index contributed by atoms with van der Waals surface area (Å²) in [6.07, 6.45) is 7.73. The van der Waals surface area contributed by atoms with Crippen molar-refractivity contribution in [1.29, 1.82) is 5.26 Å². The van der Waals surface area contributed by atoms with Crippen LogP contribution in [0, 0.1) is 17.2 Å². The van der Waals surface area contributed by atoms with E-state index in [0.717, 1.165) is 69.1 Å². The van der Waals surface area contributed by atoms with Crippen LogP contribution in [-0.4, -0.2) is 83.5 Å². The maximum absolute atomic E-state index is 13.1. The predicted molar refractivity (Wildman–Crippen MR) is 158 cm³/mol. The SMILES string of the molecule is CN(C)C1CCN(c2nc(C(=O)NCC3CCN(Cc4cnc(-c5ccccn5)s4)CC3)cc(N)c2C#N)CC1. The Morgan fingerprint density at radius 1 is 1.18 bits per heavy atom. The second-order valence-corrected chi connectivity index (χ2v) is 12.0. The standard InChI is InChI=1S/C29H37N9OS/c1-36(2)21-8-13-38(14-9-21)27-23(16-30)24(31)15-26(35-27)28(39)33-17-20-6-11-37(12-7-20)19-22-18-34-29(40-22)25-5-3-4-10-32-25/h3-5,10,15,18,20-21H,6-9,11-14,17,19H2,1-2H3,(H2,31,35)(H,33,39). The molecule has 11 heteroatoms. The summed E-state index contributed by atoms with van der Waals surface area (Å²) >= 11 is 1.69. The van der Waals surface area contributed by atoms with Crippen molar-refractivity contribution in [2.24, 2.45) is 5.92 Å². The van der Waals surface area contributed by atoms with Gasteiger partial charge >= 0.3 is 0 Å². The first kappa shape index (κ1) is 28.0. The summed E-state index contributed by atoms with van der Waals surface area (Å²) in [6, 6.07) is 10.1. The van der Waals surface area contributed by atoms with Gasteiger partial charge in [-0.3, -0.25) is 14.7 Å². The van der Waals surface area contributed by atoms with Crippen LogP contribution in [0.15, 0.2) is 36.7 Å². The zero-order chi connectivity index (χ0) is 28.1. The topological polar surface area (TPSA) is 127 Å². The third-order valence-electron chi connectivity index (χ3n) is 7.95. The number of amides is 1. The van der Waals surface area contributed by atoms with E-state index >= 15 is 0 Å². The molecule has 3 N–H and O–H groups in total. The lowest BCUT2D eigenvalue weighted by Gasteiger charge is -2.36. The fraction of sp³-hybridized carbons (Fsp3) is 0.483. The quantitative estimate of drug-likeness (QED) is 0.428. The normalized spacial score (nSPS) is 17.2. The molecule has 2 aliphatic rings. The van der Waals surface area contributed by atoms with Gasteiger partial charge in [0.1, 0.15) is 28.2 Å². The average Bonchev–Trinajstić information content (AvgIpc) is 3.45. The van der Waals surface area contributed by atoms with Crippen LogP contribution in [-0.2, 0) is 6.54 Å². The number of nitrogen functional groups attached to an aromatic ring is 1. The molecule has 0 radical (unpaired) electrons. The van der Waals surface area contributed by atoms with E-state index in [2.05, 4.69) is 55.1 Å². The number of piperidine rings is 2. The fourth-order valence-corrected chi connectivity index (χ4v) is 6.42. The van der Waals surface area contributed by atoms with Gasteiger partial charge in [0.15, 0.2) is 0 Å². The smallest absolute Gasteiger partial charge is 0.270 e. The van der Waals surface area contributed by atoms with Gasteiger partial charge in [0.05, 0.1) is 11.4 Å². The Morgan fingerprint density at radius 3 is 2.62 bits per heavy atom. The van der Waals surface area contributed by atoms with Gasteiger partial charge in [0, 0.05) is 49.5 Å². The zero-order valence-electron chi connectivity index (χ0n) is 23.2. The Morgan fingerprint density at radius 2 is 1.95 bits per heavy atom. The van der Waals surface area contributed by atoms with E-state index < -0.39 is 0 Å². The van der Waals surface area contributed by atoms with Gasteiger partial charge in [-0.1, -0.05) is 6.07 Å². The zero-order valence-corrected chi connectivity index (χ0v) is 24.0. The molecular weight excluding hydrogens is 522 g/mol. The molecule has 10 nitrogen and oxygen atoms in total. The molecule has 2 saturated heterocycles. The van der Waals surface area contributed by atoms with E-state index in [0.29, 0.717) is 35.6 Å². The molecule has 0 atom stereocenters. The monoisotopic (exact) mass is 559 g/mol. The van der Waals surface area contributed by atoms with Crippen LogP contribution >= 0.6 is 11.3 Å². The van der Waals surface area contributed by atoms with E-state index in [-0.39, 0.29) is 11.6 Å². The van der Waals surface area contributed by atoms with Crippen LogP contribution in [0.25, 0.3) is 10.7 Å². The third-order valence-corrected chi connectivity index (χ3v) is 8.95. The average molecular weight is 560 g/mol. The minimum atomic E-state index is -0.241. The van der Waals surface area contributed by atoms with E-state index in [1.54, 1.807) is 17.5 Å². The molecule has 5 rings (SSSR count). The van der Waals surface area contributed by atoms with Crippen molar-refractivity contribution in [2.75, 3.05) is 57.5 Å². The number of nitrogens with one attached hydrogen (secondary N) is 1. The van der Waals surface area contributed by atoms with E-state index in [4.69, 9.17) is 5.73 Å². The second-order valence-electron chi connectivity index (χ2n) is 10.9. The van der Waals surface area contributed by atoms with Crippen LogP contribution in [0.4, 0.5) is 11.5 Å². The number of nitrogens with zero attached hydrogens (tertiary/aromatic N) is 7. The Balaban J connectivity index is 1.13. The van der Waals surface area contributed by atoms with Crippen molar-refractivity contribution in [3.05, 3.63) is 52.8 Å². The first-order valence-electron chi connectivity index (χ1n) is 13.9. The number of likely N-dealkylation sites (tertiary alicyclic amines) is 1. The van der Waals surface area contributed by atoms with Crippen molar-refractivity contribution in [3.8, 4) is 16.8 Å². The van der Waals surface area contributed by atoms with Crippen LogP contribution in [0.3, 0.4) is 0 Å². The molecule has 0 bridgehead atoms. The van der Waals surface area contributed by atoms with Gasteiger partial charge < -0.3 is 20.9 Å². The summed E-state index contributed by atoms with van der Waals surface area (Å²) in [5, 5.41) is 13.7. The number of aromatic nitrogens is 3. The van der Waals surface area contributed by atoms with Crippen molar-refractivity contribution in [2.45, 2.75) is 38.3 Å². The van der Waals surface area contributed by atoms with Crippen LogP contribution in [0.2, 0.25) is 0 Å². The molecule has 40 heavy (non-hydrogen) atoms. The molecule has 0 spiro atoms.